The van der Waals surface area contributed by atoms with Gasteiger partial charge in [0.05, 0.1) is 11.0 Å². The maximum Gasteiger partial charge on any atom is 0.0541 e. The predicted molar refractivity (Wildman–Crippen MR) is 162 cm³/mol. The van der Waals surface area contributed by atoms with E-state index in [-0.39, 0.29) is 5.41 Å². The molecule has 186 valence electrons. The van der Waals surface area contributed by atoms with Crippen LogP contribution in [0.3, 0.4) is 0 Å². The molecule has 0 fully saturated rings. The highest BCUT2D eigenvalue weighted by Gasteiger charge is 2.32. The zero-order chi connectivity index (χ0) is 25.9. The van der Waals surface area contributed by atoms with E-state index in [1.54, 1.807) is 0 Å². The number of hydrogen-bond acceptors (Lipinski definition) is 1. The molecular formula is C36H32N2. The molecule has 1 aliphatic rings. The normalized spacial score (nSPS) is 14.7. The summed E-state index contributed by atoms with van der Waals surface area (Å²) < 4.78 is 2.37. The molecule has 0 spiro atoms. The lowest BCUT2D eigenvalue weighted by Gasteiger charge is -2.41. The lowest BCUT2D eigenvalue weighted by atomic mass is 9.76. The van der Waals surface area contributed by atoms with Gasteiger partial charge in [-0.3, -0.25) is 0 Å². The fourth-order valence-electron chi connectivity index (χ4n) is 6.30. The molecule has 2 heterocycles. The number of aromatic nitrogens is 1. The molecular weight excluding hydrogens is 460 g/mol. The van der Waals surface area contributed by atoms with Gasteiger partial charge in [-0.1, -0.05) is 92.7 Å². The van der Waals surface area contributed by atoms with E-state index in [2.05, 4.69) is 145 Å². The molecule has 0 amide bonds. The summed E-state index contributed by atoms with van der Waals surface area (Å²) in [6.45, 7) is 8.02. The summed E-state index contributed by atoms with van der Waals surface area (Å²) in [5.41, 5.74) is 11.8. The fourth-order valence-corrected chi connectivity index (χ4v) is 6.30. The van der Waals surface area contributed by atoms with E-state index in [1.165, 1.54) is 61.1 Å². The summed E-state index contributed by atoms with van der Waals surface area (Å²) >= 11 is 0. The zero-order valence-corrected chi connectivity index (χ0v) is 22.3. The highest BCUT2D eigenvalue weighted by atomic mass is 15.1. The van der Waals surface area contributed by atoms with E-state index < -0.39 is 0 Å². The molecule has 7 rings (SSSR count). The van der Waals surface area contributed by atoms with Crippen molar-refractivity contribution in [2.75, 3.05) is 11.4 Å². The van der Waals surface area contributed by atoms with Crippen molar-refractivity contribution >= 4 is 33.2 Å². The first-order valence-corrected chi connectivity index (χ1v) is 13.6. The molecule has 0 bridgehead atoms. The topological polar surface area (TPSA) is 8.17 Å². The second-order valence-electron chi connectivity index (χ2n) is 11.2. The summed E-state index contributed by atoms with van der Waals surface area (Å²) in [4.78, 5) is 2.51. The summed E-state index contributed by atoms with van der Waals surface area (Å²) in [7, 11) is 0. The van der Waals surface area contributed by atoms with Crippen LogP contribution in [0.15, 0.2) is 115 Å². The third-order valence-electron chi connectivity index (χ3n) is 8.42. The van der Waals surface area contributed by atoms with Gasteiger partial charge in [-0.15, -0.1) is 0 Å². The van der Waals surface area contributed by atoms with Gasteiger partial charge >= 0.3 is 0 Å². The highest BCUT2D eigenvalue weighted by molar-refractivity contribution is 6.09. The van der Waals surface area contributed by atoms with Crippen LogP contribution in [0.25, 0.3) is 38.6 Å². The third-order valence-corrected chi connectivity index (χ3v) is 8.42. The zero-order valence-electron chi connectivity index (χ0n) is 22.3. The summed E-state index contributed by atoms with van der Waals surface area (Å²) in [6, 6.07) is 42.2. The molecule has 0 aliphatic carbocycles. The van der Waals surface area contributed by atoms with Gasteiger partial charge in [0.1, 0.15) is 0 Å². The fraction of sp³-hybridized carbons (Fsp3) is 0.167. The van der Waals surface area contributed by atoms with Gasteiger partial charge < -0.3 is 9.47 Å². The first-order chi connectivity index (χ1) is 18.5. The standard InChI is InChI=1S/C36H32N2/c1-25-9-8-12-32-35(25)37(24-23-36(32,2)3)28-19-15-26(16-20-28)27-17-21-29(22-18-27)38-33-13-6-4-10-30(33)31-11-5-7-14-34(31)38/h4-22H,23-24H2,1-3H3. The van der Waals surface area contributed by atoms with Gasteiger partial charge in [-0.25, -0.2) is 0 Å². The van der Waals surface area contributed by atoms with Crippen molar-refractivity contribution in [2.24, 2.45) is 0 Å². The smallest absolute Gasteiger partial charge is 0.0541 e. The molecule has 0 atom stereocenters. The molecule has 0 saturated heterocycles. The Balaban J connectivity index is 1.23. The van der Waals surface area contributed by atoms with Crippen molar-refractivity contribution < 1.29 is 0 Å². The van der Waals surface area contributed by atoms with Crippen LogP contribution in [0.4, 0.5) is 11.4 Å². The quantitative estimate of drug-likeness (QED) is 0.239. The maximum atomic E-state index is 2.51. The number of benzene rings is 5. The Morgan fingerprint density at radius 2 is 1.13 bits per heavy atom. The minimum Gasteiger partial charge on any atom is -0.341 e. The molecule has 2 heteroatoms. The second kappa shape index (κ2) is 8.63. The lowest BCUT2D eigenvalue weighted by molar-refractivity contribution is 0.466. The Bertz CT molecular complexity index is 1730. The minimum absolute atomic E-state index is 0.204. The molecule has 0 radical (unpaired) electrons. The van der Waals surface area contributed by atoms with Crippen LogP contribution < -0.4 is 4.90 Å². The van der Waals surface area contributed by atoms with Crippen molar-refractivity contribution in [2.45, 2.75) is 32.6 Å². The van der Waals surface area contributed by atoms with Crippen LogP contribution in [0.1, 0.15) is 31.4 Å². The predicted octanol–water partition coefficient (Wildman–Crippen LogP) is 9.58. The number of aryl methyl sites for hydroxylation is 1. The minimum atomic E-state index is 0.204. The highest BCUT2D eigenvalue weighted by Crippen LogP contribution is 2.44. The van der Waals surface area contributed by atoms with Crippen molar-refractivity contribution in [1.82, 2.24) is 4.57 Å². The monoisotopic (exact) mass is 492 g/mol. The van der Waals surface area contributed by atoms with E-state index >= 15 is 0 Å². The Kier molecular flexibility index (Phi) is 5.19. The van der Waals surface area contributed by atoms with Crippen molar-refractivity contribution in [3.8, 4) is 16.8 Å². The lowest BCUT2D eigenvalue weighted by Crippen LogP contribution is -2.35. The largest absolute Gasteiger partial charge is 0.341 e. The van der Waals surface area contributed by atoms with Crippen LogP contribution in [0.2, 0.25) is 0 Å². The number of fused-ring (bicyclic) bond motifs is 4. The van der Waals surface area contributed by atoms with Gasteiger partial charge in [0.25, 0.3) is 0 Å². The number of rotatable bonds is 3. The molecule has 1 aliphatic heterocycles. The van der Waals surface area contributed by atoms with E-state index in [0.29, 0.717) is 0 Å². The van der Waals surface area contributed by atoms with Gasteiger partial charge in [0.15, 0.2) is 0 Å². The van der Waals surface area contributed by atoms with E-state index in [9.17, 15) is 0 Å². The van der Waals surface area contributed by atoms with Gasteiger partial charge in [-0.2, -0.15) is 0 Å². The summed E-state index contributed by atoms with van der Waals surface area (Å²) in [5, 5.41) is 2.58. The van der Waals surface area contributed by atoms with Gasteiger partial charge in [0, 0.05) is 34.4 Å². The van der Waals surface area contributed by atoms with Crippen LogP contribution >= 0.6 is 0 Å². The third kappa shape index (κ3) is 3.55. The summed E-state index contributed by atoms with van der Waals surface area (Å²) in [6.07, 6.45) is 1.15. The molecule has 5 aromatic carbocycles. The first-order valence-electron chi connectivity index (χ1n) is 13.6. The molecule has 2 nitrogen and oxygen atoms in total. The van der Waals surface area contributed by atoms with Crippen molar-refractivity contribution in [3.05, 3.63) is 126 Å². The number of para-hydroxylation sites is 3. The Morgan fingerprint density at radius 1 is 0.579 bits per heavy atom. The summed E-state index contributed by atoms with van der Waals surface area (Å²) in [5.74, 6) is 0. The van der Waals surface area contributed by atoms with Gasteiger partial charge in [0.2, 0.25) is 0 Å². The molecule has 1 aromatic heterocycles. The Hall–Kier alpha value is -4.30. The van der Waals surface area contributed by atoms with Crippen LogP contribution in [0.5, 0.6) is 0 Å². The average molecular weight is 493 g/mol. The number of hydrogen-bond donors (Lipinski definition) is 0. The average Bonchev–Trinajstić information content (AvgIpc) is 3.28. The molecule has 38 heavy (non-hydrogen) atoms. The Morgan fingerprint density at radius 3 is 1.74 bits per heavy atom. The van der Waals surface area contributed by atoms with Gasteiger partial charge in [-0.05, 0) is 77.4 Å². The molecule has 6 aromatic rings. The number of anilines is 2. The molecule has 0 unspecified atom stereocenters. The van der Waals surface area contributed by atoms with E-state index in [0.717, 1.165) is 13.0 Å². The molecule has 0 saturated carbocycles. The molecule has 0 N–H and O–H groups in total. The van der Waals surface area contributed by atoms with Crippen molar-refractivity contribution in [1.29, 1.82) is 0 Å². The maximum absolute atomic E-state index is 2.51. The van der Waals surface area contributed by atoms with E-state index in [1.807, 2.05) is 0 Å². The first kappa shape index (κ1) is 22.9. The Labute approximate surface area is 224 Å². The van der Waals surface area contributed by atoms with Crippen molar-refractivity contribution in [3.63, 3.8) is 0 Å². The van der Waals surface area contributed by atoms with E-state index in [4.69, 9.17) is 0 Å². The van der Waals surface area contributed by atoms with Crippen LogP contribution in [-0.4, -0.2) is 11.1 Å². The second-order valence-corrected chi connectivity index (χ2v) is 11.2. The van der Waals surface area contributed by atoms with Crippen LogP contribution in [-0.2, 0) is 5.41 Å². The SMILES string of the molecule is Cc1cccc2c1N(c1ccc(-c3ccc(-n4c5ccccc5c5ccccc54)cc3)cc1)CCC2(C)C. The number of nitrogens with zero attached hydrogens (tertiary/aromatic N) is 2. The van der Waals surface area contributed by atoms with Crippen LogP contribution in [0, 0.1) is 6.92 Å².